The van der Waals surface area contributed by atoms with Gasteiger partial charge in [-0.2, -0.15) is 0 Å². The zero-order chi connectivity index (χ0) is 13.8. The maximum Gasteiger partial charge on any atom is 0.255 e. The van der Waals surface area contributed by atoms with Crippen LogP contribution in [-0.2, 0) is 0 Å². The lowest BCUT2D eigenvalue weighted by Gasteiger charge is -2.32. The third-order valence-corrected chi connectivity index (χ3v) is 5.50. The number of halogens is 2. The average Bonchev–Trinajstić information content (AvgIpc) is 2.75. The first-order valence-electron chi connectivity index (χ1n) is 6.81. The maximum atomic E-state index is 12.4. The normalized spacial score (nSPS) is 16.1. The molecule has 2 rings (SSSR count). The first-order chi connectivity index (χ1) is 9.11. The van der Waals surface area contributed by atoms with Gasteiger partial charge in [0.1, 0.15) is 0 Å². The number of rotatable bonds is 4. The van der Waals surface area contributed by atoms with Crippen molar-refractivity contribution in [2.45, 2.75) is 26.2 Å². The predicted octanol–water partition coefficient (Wildman–Crippen LogP) is 3.70. The summed E-state index contributed by atoms with van der Waals surface area (Å²) < 4.78 is 0.965. The van der Waals surface area contributed by atoms with E-state index in [1.165, 1.54) is 11.3 Å². The Balaban J connectivity index is 0.00000200. The highest BCUT2D eigenvalue weighted by atomic mass is 79.9. The van der Waals surface area contributed by atoms with E-state index in [1.807, 2.05) is 24.9 Å². The van der Waals surface area contributed by atoms with Crippen molar-refractivity contribution in [1.82, 2.24) is 10.2 Å². The van der Waals surface area contributed by atoms with Crippen molar-refractivity contribution in [1.29, 1.82) is 0 Å². The van der Waals surface area contributed by atoms with E-state index in [4.69, 9.17) is 0 Å². The van der Waals surface area contributed by atoms with Crippen LogP contribution in [0.15, 0.2) is 9.85 Å². The third kappa shape index (κ3) is 4.45. The number of carbonyl (C=O) groups is 1. The summed E-state index contributed by atoms with van der Waals surface area (Å²) in [6, 6.07) is 1.99. The minimum atomic E-state index is 0. The molecule has 1 amide bonds. The van der Waals surface area contributed by atoms with Crippen LogP contribution < -0.4 is 5.32 Å². The lowest BCUT2D eigenvalue weighted by atomic mass is 9.93. The van der Waals surface area contributed by atoms with Gasteiger partial charge in [-0.15, -0.1) is 23.7 Å². The number of likely N-dealkylation sites (tertiary alicyclic amines) is 1. The number of hydrogen-bond donors (Lipinski definition) is 1. The lowest BCUT2D eigenvalue weighted by molar-refractivity contribution is 0.0687. The van der Waals surface area contributed by atoms with Crippen LogP contribution in [0.25, 0.3) is 0 Å². The Morgan fingerprint density at radius 3 is 2.65 bits per heavy atom. The molecule has 0 spiro atoms. The molecule has 114 valence electrons. The van der Waals surface area contributed by atoms with E-state index in [0.29, 0.717) is 0 Å². The number of amides is 1. The Hall–Kier alpha value is -0.100. The largest absolute Gasteiger partial charge is 0.339 e. The molecule has 1 aromatic rings. The van der Waals surface area contributed by atoms with Gasteiger partial charge in [0.2, 0.25) is 0 Å². The highest BCUT2D eigenvalue weighted by Crippen LogP contribution is 2.30. The molecular weight excluding hydrogens is 360 g/mol. The van der Waals surface area contributed by atoms with E-state index in [0.717, 1.165) is 47.7 Å². The van der Waals surface area contributed by atoms with Crippen molar-refractivity contribution in [2.24, 2.45) is 5.92 Å². The minimum Gasteiger partial charge on any atom is -0.339 e. The average molecular weight is 382 g/mol. The lowest BCUT2D eigenvalue weighted by Crippen LogP contribution is -2.38. The SMILES string of the molecule is CNCCC1CCN(C(=O)c2cc(C)sc2Br)CC1.Cl. The number of piperidine rings is 1. The molecular formula is C14H22BrClN2OS. The van der Waals surface area contributed by atoms with Gasteiger partial charge < -0.3 is 10.2 Å². The van der Waals surface area contributed by atoms with Crippen molar-refractivity contribution in [3.05, 3.63) is 20.3 Å². The molecule has 0 bridgehead atoms. The molecule has 1 N–H and O–H groups in total. The Morgan fingerprint density at radius 1 is 1.50 bits per heavy atom. The molecule has 1 fully saturated rings. The van der Waals surface area contributed by atoms with Gasteiger partial charge in [-0.1, -0.05) is 0 Å². The van der Waals surface area contributed by atoms with Crippen LogP contribution >= 0.6 is 39.7 Å². The molecule has 1 saturated heterocycles. The van der Waals surface area contributed by atoms with E-state index < -0.39 is 0 Å². The Bertz CT molecular complexity index is 444. The molecule has 0 unspecified atom stereocenters. The Labute approximate surface area is 139 Å². The second kappa shape index (κ2) is 8.37. The first kappa shape index (κ1) is 18.0. The second-order valence-electron chi connectivity index (χ2n) is 5.17. The fourth-order valence-electron chi connectivity index (χ4n) is 2.58. The summed E-state index contributed by atoms with van der Waals surface area (Å²) in [5, 5.41) is 3.20. The number of nitrogens with zero attached hydrogens (tertiary/aromatic N) is 1. The predicted molar refractivity (Wildman–Crippen MR) is 91.2 cm³/mol. The first-order valence-corrected chi connectivity index (χ1v) is 8.42. The molecule has 0 aromatic carbocycles. The van der Waals surface area contributed by atoms with Crippen molar-refractivity contribution in [2.75, 3.05) is 26.7 Å². The van der Waals surface area contributed by atoms with Gasteiger partial charge in [-0.25, -0.2) is 0 Å². The Kier molecular flexibility index (Phi) is 7.51. The minimum absolute atomic E-state index is 0. The van der Waals surface area contributed by atoms with E-state index in [-0.39, 0.29) is 18.3 Å². The number of thiophene rings is 1. The second-order valence-corrected chi connectivity index (χ2v) is 7.75. The molecule has 0 saturated carbocycles. The molecule has 0 radical (unpaired) electrons. The molecule has 1 aromatic heterocycles. The van der Waals surface area contributed by atoms with Gasteiger partial charge in [0.05, 0.1) is 9.35 Å². The summed E-state index contributed by atoms with van der Waals surface area (Å²) in [4.78, 5) is 15.6. The van der Waals surface area contributed by atoms with Crippen molar-refractivity contribution in [3.8, 4) is 0 Å². The number of aryl methyl sites for hydroxylation is 1. The fraction of sp³-hybridized carbons (Fsp3) is 0.643. The Morgan fingerprint density at radius 2 is 2.15 bits per heavy atom. The highest BCUT2D eigenvalue weighted by molar-refractivity contribution is 9.11. The zero-order valence-electron chi connectivity index (χ0n) is 11.9. The van der Waals surface area contributed by atoms with Crippen molar-refractivity contribution < 1.29 is 4.79 Å². The molecule has 6 heteroatoms. The van der Waals surface area contributed by atoms with Crippen LogP contribution in [0, 0.1) is 12.8 Å². The van der Waals surface area contributed by atoms with E-state index in [9.17, 15) is 4.79 Å². The molecule has 1 aliphatic rings. The smallest absolute Gasteiger partial charge is 0.255 e. The molecule has 3 nitrogen and oxygen atoms in total. The molecule has 1 aliphatic heterocycles. The quantitative estimate of drug-likeness (QED) is 0.862. The van der Waals surface area contributed by atoms with E-state index >= 15 is 0 Å². The van der Waals surface area contributed by atoms with E-state index in [1.54, 1.807) is 11.3 Å². The molecule has 0 aliphatic carbocycles. The van der Waals surface area contributed by atoms with Crippen LogP contribution in [-0.4, -0.2) is 37.5 Å². The van der Waals surface area contributed by atoms with Crippen LogP contribution in [0.5, 0.6) is 0 Å². The van der Waals surface area contributed by atoms with Gasteiger partial charge in [-0.05, 0) is 67.7 Å². The number of carbonyl (C=O) groups excluding carboxylic acids is 1. The summed E-state index contributed by atoms with van der Waals surface area (Å²) in [5.74, 6) is 0.951. The number of nitrogens with one attached hydrogen (secondary N) is 1. The maximum absolute atomic E-state index is 12.4. The molecule has 0 atom stereocenters. The van der Waals surface area contributed by atoms with Crippen molar-refractivity contribution >= 4 is 45.6 Å². The molecule has 20 heavy (non-hydrogen) atoms. The summed E-state index contributed by atoms with van der Waals surface area (Å²) in [6.45, 7) is 4.91. The molecule has 2 heterocycles. The van der Waals surface area contributed by atoms with Gasteiger partial charge >= 0.3 is 0 Å². The van der Waals surface area contributed by atoms with Gasteiger partial charge in [0, 0.05) is 18.0 Å². The summed E-state index contributed by atoms with van der Waals surface area (Å²) in [7, 11) is 2.00. The highest BCUT2D eigenvalue weighted by Gasteiger charge is 2.25. The zero-order valence-corrected chi connectivity index (χ0v) is 15.2. The number of hydrogen-bond acceptors (Lipinski definition) is 3. The standard InChI is InChI=1S/C14H21BrN2OS.ClH/c1-10-9-12(13(15)19-10)14(18)17-7-4-11(5-8-17)3-6-16-2;/h9,11,16H,3-8H2,1-2H3;1H. The topological polar surface area (TPSA) is 32.3 Å². The fourth-order valence-corrected chi connectivity index (χ4v) is 4.34. The van der Waals surface area contributed by atoms with Gasteiger partial charge in [0.15, 0.2) is 0 Å². The van der Waals surface area contributed by atoms with Crippen LogP contribution in [0.2, 0.25) is 0 Å². The van der Waals surface area contributed by atoms with Crippen LogP contribution in [0.1, 0.15) is 34.5 Å². The van der Waals surface area contributed by atoms with Crippen LogP contribution in [0.4, 0.5) is 0 Å². The van der Waals surface area contributed by atoms with Gasteiger partial charge in [-0.3, -0.25) is 4.79 Å². The van der Waals surface area contributed by atoms with Gasteiger partial charge in [0.25, 0.3) is 5.91 Å². The summed E-state index contributed by atoms with van der Waals surface area (Å²) in [6.07, 6.45) is 3.49. The monoisotopic (exact) mass is 380 g/mol. The van der Waals surface area contributed by atoms with Crippen LogP contribution in [0.3, 0.4) is 0 Å². The van der Waals surface area contributed by atoms with Crippen molar-refractivity contribution in [3.63, 3.8) is 0 Å². The van der Waals surface area contributed by atoms with E-state index in [2.05, 4.69) is 21.2 Å². The summed E-state index contributed by atoms with van der Waals surface area (Å²) >= 11 is 5.13. The summed E-state index contributed by atoms with van der Waals surface area (Å²) in [5.41, 5.74) is 0.830. The third-order valence-electron chi connectivity index (χ3n) is 3.74.